The quantitative estimate of drug-likeness (QED) is 0.761. The lowest BCUT2D eigenvalue weighted by Crippen LogP contribution is -2.38. The number of likely N-dealkylation sites (tertiary alicyclic amines) is 1. The number of piperidine rings is 1. The molecule has 0 radical (unpaired) electrons. The summed E-state index contributed by atoms with van der Waals surface area (Å²) in [5.41, 5.74) is 3.43. The Kier molecular flexibility index (Phi) is 4.42. The molecule has 4 rings (SSSR count). The van der Waals surface area contributed by atoms with Crippen molar-refractivity contribution in [2.24, 2.45) is 0 Å². The Balaban J connectivity index is 1.50. The van der Waals surface area contributed by atoms with Crippen molar-refractivity contribution in [3.8, 4) is 0 Å². The van der Waals surface area contributed by atoms with E-state index in [4.69, 9.17) is 0 Å². The van der Waals surface area contributed by atoms with Crippen molar-refractivity contribution in [2.75, 3.05) is 13.1 Å². The molecule has 0 bridgehead atoms. The van der Waals surface area contributed by atoms with Gasteiger partial charge >= 0.3 is 0 Å². The third kappa shape index (κ3) is 2.97. The fourth-order valence-corrected chi connectivity index (χ4v) is 3.76. The fourth-order valence-electron chi connectivity index (χ4n) is 3.76. The van der Waals surface area contributed by atoms with Gasteiger partial charge in [-0.3, -0.25) is 4.79 Å². The number of aliphatic hydroxyl groups is 1. The Morgan fingerprint density at radius 3 is 2.85 bits per heavy atom. The molecule has 1 amide bonds. The van der Waals surface area contributed by atoms with Crippen LogP contribution in [-0.4, -0.2) is 44.0 Å². The summed E-state index contributed by atoms with van der Waals surface area (Å²) >= 11 is 0. The first-order valence-electron chi connectivity index (χ1n) is 8.96. The number of benzene rings is 1. The highest BCUT2D eigenvalue weighted by Crippen LogP contribution is 2.30. The van der Waals surface area contributed by atoms with E-state index in [1.807, 2.05) is 36.1 Å². The SMILES string of the molecule is Cc1ncc(CO)c(C2CCN(C(=O)c3c[nH]c4ccccc34)CC2)n1. The second kappa shape index (κ2) is 6.88. The normalized spacial score (nSPS) is 15.5. The van der Waals surface area contributed by atoms with Gasteiger partial charge in [-0.15, -0.1) is 0 Å². The van der Waals surface area contributed by atoms with Crippen molar-refractivity contribution in [1.82, 2.24) is 19.9 Å². The van der Waals surface area contributed by atoms with E-state index in [1.165, 1.54) is 0 Å². The molecular formula is C20H22N4O2. The number of aliphatic hydroxyl groups excluding tert-OH is 1. The van der Waals surface area contributed by atoms with Gasteiger partial charge in [0.25, 0.3) is 5.91 Å². The molecule has 0 spiro atoms. The van der Waals surface area contributed by atoms with E-state index in [0.717, 1.165) is 46.4 Å². The molecule has 26 heavy (non-hydrogen) atoms. The molecule has 0 atom stereocenters. The average molecular weight is 350 g/mol. The molecule has 3 heterocycles. The van der Waals surface area contributed by atoms with Crippen LogP contribution in [0.5, 0.6) is 0 Å². The number of carbonyl (C=O) groups excluding carboxylic acids is 1. The van der Waals surface area contributed by atoms with Gasteiger partial charge in [-0.05, 0) is 25.8 Å². The maximum Gasteiger partial charge on any atom is 0.256 e. The molecule has 1 aromatic carbocycles. The van der Waals surface area contributed by atoms with Gasteiger partial charge in [0.05, 0.1) is 17.9 Å². The van der Waals surface area contributed by atoms with Gasteiger partial charge in [0.2, 0.25) is 0 Å². The number of rotatable bonds is 3. The molecule has 6 heteroatoms. The number of nitrogens with zero attached hydrogens (tertiary/aromatic N) is 3. The monoisotopic (exact) mass is 350 g/mol. The van der Waals surface area contributed by atoms with Crippen molar-refractivity contribution in [3.63, 3.8) is 0 Å². The van der Waals surface area contributed by atoms with Gasteiger partial charge in [0, 0.05) is 47.9 Å². The van der Waals surface area contributed by atoms with Crippen LogP contribution in [0.2, 0.25) is 0 Å². The van der Waals surface area contributed by atoms with Crippen LogP contribution >= 0.6 is 0 Å². The van der Waals surface area contributed by atoms with Crippen molar-refractivity contribution in [1.29, 1.82) is 0 Å². The first-order chi connectivity index (χ1) is 12.7. The van der Waals surface area contributed by atoms with Crippen LogP contribution in [0.1, 0.15) is 46.2 Å². The zero-order chi connectivity index (χ0) is 18.1. The van der Waals surface area contributed by atoms with Crippen molar-refractivity contribution in [2.45, 2.75) is 32.3 Å². The lowest BCUT2D eigenvalue weighted by molar-refractivity contribution is 0.0713. The van der Waals surface area contributed by atoms with Gasteiger partial charge in [-0.1, -0.05) is 18.2 Å². The van der Waals surface area contributed by atoms with E-state index in [0.29, 0.717) is 13.1 Å². The van der Waals surface area contributed by atoms with Crippen LogP contribution in [0.3, 0.4) is 0 Å². The summed E-state index contributed by atoms with van der Waals surface area (Å²) in [6, 6.07) is 7.86. The summed E-state index contributed by atoms with van der Waals surface area (Å²) in [5, 5.41) is 10.5. The minimum Gasteiger partial charge on any atom is -0.392 e. The first kappa shape index (κ1) is 16.7. The Hall–Kier alpha value is -2.73. The fraction of sp³-hybridized carbons (Fsp3) is 0.350. The molecule has 0 saturated carbocycles. The Bertz CT molecular complexity index is 942. The average Bonchev–Trinajstić information content (AvgIpc) is 3.11. The highest BCUT2D eigenvalue weighted by molar-refractivity contribution is 6.06. The molecular weight excluding hydrogens is 328 g/mol. The molecule has 134 valence electrons. The highest BCUT2D eigenvalue weighted by Gasteiger charge is 2.28. The number of hydrogen-bond donors (Lipinski definition) is 2. The second-order valence-corrected chi connectivity index (χ2v) is 6.80. The van der Waals surface area contributed by atoms with E-state index >= 15 is 0 Å². The number of amides is 1. The number of H-pyrrole nitrogens is 1. The lowest BCUT2D eigenvalue weighted by Gasteiger charge is -2.32. The van der Waals surface area contributed by atoms with Crippen LogP contribution in [0.4, 0.5) is 0 Å². The molecule has 2 N–H and O–H groups in total. The largest absolute Gasteiger partial charge is 0.392 e. The number of carbonyl (C=O) groups is 1. The van der Waals surface area contributed by atoms with Crippen molar-refractivity contribution in [3.05, 3.63) is 59.3 Å². The van der Waals surface area contributed by atoms with Crippen molar-refractivity contribution < 1.29 is 9.90 Å². The predicted molar refractivity (Wildman–Crippen MR) is 98.9 cm³/mol. The van der Waals surface area contributed by atoms with E-state index in [9.17, 15) is 9.90 Å². The Morgan fingerprint density at radius 2 is 2.08 bits per heavy atom. The Morgan fingerprint density at radius 1 is 1.31 bits per heavy atom. The second-order valence-electron chi connectivity index (χ2n) is 6.80. The van der Waals surface area contributed by atoms with Crippen LogP contribution in [0, 0.1) is 6.92 Å². The number of aromatic nitrogens is 3. The third-order valence-corrected chi connectivity index (χ3v) is 5.18. The molecule has 0 aliphatic carbocycles. The maximum atomic E-state index is 12.9. The summed E-state index contributed by atoms with van der Waals surface area (Å²) in [5.74, 6) is 1.04. The van der Waals surface area contributed by atoms with Gasteiger partial charge in [0.1, 0.15) is 5.82 Å². The van der Waals surface area contributed by atoms with Crippen LogP contribution in [-0.2, 0) is 6.61 Å². The Labute approximate surface area is 151 Å². The molecule has 1 aliphatic rings. The van der Waals surface area contributed by atoms with E-state index in [1.54, 1.807) is 12.4 Å². The minimum atomic E-state index is -0.0515. The van der Waals surface area contributed by atoms with E-state index in [-0.39, 0.29) is 18.4 Å². The predicted octanol–water partition coefficient (Wildman–Crippen LogP) is 2.78. The van der Waals surface area contributed by atoms with Gasteiger partial charge in [-0.2, -0.15) is 0 Å². The minimum absolute atomic E-state index is 0.0515. The summed E-state index contributed by atoms with van der Waals surface area (Å²) in [6.07, 6.45) is 5.20. The summed E-state index contributed by atoms with van der Waals surface area (Å²) < 4.78 is 0. The lowest BCUT2D eigenvalue weighted by atomic mass is 9.90. The molecule has 0 unspecified atom stereocenters. The van der Waals surface area contributed by atoms with Crippen molar-refractivity contribution >= 4 is 16.8 Å². The standard InChI is InChI=1S/C20H22N4O2/c1-13-21-10-15(12-25)19(23-13)14-6-8-24(9-7-14)20(26)17-11-22-18-5-3-2-4-16(17)18/h2-5,10-11,14,22,25H,6-9,12H2,1H3. The highest BCUT2D eigenvalue weighted by atomic mass is 16.3. The molecule has 1 saturated heterocycles. The maximum absolute atomic E-state index is 12.9. The van der Waals surface area contributed by atoms with Gasteiger partial charge in [0.15, 0.2) is 0 Å². The van der Waals surface area contributed by atoms with Crippen LogP contribution in [0.15, 0.2) is 36.7 Å². The number of hydrogen-bond acceptors (Lipinski definition) is 4. The van der Waals surface area contributed by atoms with E-state index in [2.05, 4.69) is 15.0 Å². The zero-order valence-corrected chi connectivity index (χ0v) is 14.8. The van der Waals surface area contributed by atoms with Crippen LogP contribution < -0.4 is 0 Å². The van der Waals surface area contributed by atoms with Crippen LogP contribution in [0.25, 0.3) is 10.9 Å². The molecule has 1 fully saturated rings. The number of fused-ring (bicyclic) bond motifs is 1. The molecule has 2 aromatic heterocycles. The summed E-state index contributed by atoms with van der Waals surface area (Å²) in [4.78, 5) is 26.7. The van der Waals surface area contributed by atoms with E-state index < -0.39 is 0 Å². The summed E-state index contributed by atoms with van der Waals surface area (Å²) in [6.45, 7) is 3.19. The number of aryl methyl sites for hydroxylation is 1. The van der Waals surface area contributed by atoms with Gasteiger partial charge < -0.3 is 15.0 Å². The molecule has 1 aliphatic heterocycles. The van der Waals surface area contributed by atoms with Gasteiger partial charge in [-0.25, -0.2) is 9.97 Å². The number of aromatic amines is 1. The zero-order valence-electron chi connectivity index (χ0n) is 14.8. The molecule has 6 nitrogen and oxygen atoms in total. The first-order valence-corrected chi connectivity index (χ1v) is 8.96. The number of nitrogens with one attached hydrogen (secondary N) is 1. The smallest absolute Gasteiger partial charge is 0.256 e. The topological polar surface area (TPSA) is 82.1 Å². The number of para-hydroxylation sites is 1. The third-order valence-electron chi connectivity index (χ3n) is 5.18. The molecule has 3 aromatic rings. The summed E-state index contributed by atoms with van der Waals surface area (Å²) in [7, 11) is 0.